The number of hydrogen-bond donors (Lipinski definition) is 2. The number of nitrogens with one attached hydrogen (secondary N) is 1. The largest absolute Gasteiger partial charge is 0.468 e. The molecule has 0 spiro atoms. The fraction of sp³-hybridized carbons (Fsp3) is 0.0909. The lowest BCUT2D eigenvalue weighted by Crippen LogP contribution is -2.12. The van der Waals surface area contributed by atoms with E-state index in [-0.39, 0.29) is 24.1 Å². The number of hydrazine groups is 1. The van der Waals surface area contributed by atoms with Gasteiger partial charge in [0.15, 0.2) is 0 Å². The summed E-state index contributed by atoms with van der Waals surface area (Å²) in [6, 6.07) is 7.38. The van der Waals surface area contributed by atoms with Crippen molar-refractivity contribution in [2.75, 3.05) is 5.43 Å². The van der Waals surface area contributed by atoms with Crippen LogP contribution in [0.25, 0.3) is 0 Å². The molecule has 0 atom stereocenters. The quantitative estimate of drug-likeness (QED) is 0.486. The molecule has 1 aromatic heterocycles. The van der Waals surface area contributed by atoms with Gasteiger partial charge >= 0.3 is 5.69 Å². The summed E-state index contributed by atoms with van der Waals surface area (Å²) in [7, 11) is 0. The highest BCUT2D eigenvalue weighted by atomic mass is 79.9. The topological polar surface area (TPSA) is 116 Å². The molecule has 2 rings (SSSR count). The summed E-state index contributed by atoms with van der Waals surface area (Å²) in [4.78, 5) is 17.8. The van der Waals surface area contributed by atoms with Gasteiger partial charge in [-0.25, -0.2) is 10.8 Å². The van der Waals surface area contributed by atoms with Crippen molar-refractivity contribution in [1.82, 2.24) is 9.97 Å². The van der Waals surface area contributed by atoms with Crippen LogP contribution in [0.15, 0.2) is 34.9 Å². The van der Waals surface area contributed by atoms with Crippen molar-refractivity contribution in [1.29, 1.82) is 0 Å². The van der Waals surface area contributed by atoms with E-state index in [4.69, 9.17) is 10.6 Å². The van der Waals surface area contributed by atoms with Crippen molar-refractivity contribution in [2.45, 2.75) is 6.61 Å². The van der Waals surface area contributed by atoms with Crippen molar-refractivity contribution in [3.05, 3.63) is 50.6 Å². The third-order valence-electron chi connectivity index (χ3n) is 2.38. The Morgan fingerprint density at radius 2 is 2.20 bits per heavy atom. The van der Waals surface area contributed by atoms with Crippen LogP contribution in [0, 0.1) is 10.1 Å². The fourth-order valence-electron chi connectivity index (χ4n) is 1.42. The molecule has 1 heterocycles. The molecule has 0 fully saturated rings. The third-order valence-corrected chi connectivity index (χ3v) is 3.16. The van der Waals surface area contributed by atoms with Gasteiger partial charge in [-0.2, -0.15) is 4.98 Å². The van der Waals surface area contributed by atoms with E-state index in [0.29, 0.717) is 0 Å². The molecule has 0 saturated carbocycles. The molecule has 0 saturated heterocycles. The van der Waals surface area contributed by atoms with Gasteiger partial charge < -0.3 is 4.74 Å². The molecule has 0 bridgehead atoms. The first-order valence-electron chi connectivity index (χ1n) is 5.46. The van der Waals surface area contributed by atoms with Gasteiger partial charge in [0.25, 0.3) is 5.88 Å². The Balaban J connectivity index is 2.24. The minimum atomic E-state index is -0.615. The summed E-state index contributed by atoms with van der Waals surface area (Å²) in [5.41, 5.74) is 2.72. The van der Waals surface area contributed by atoms with Gasteiger partial charge in [0.1, 0.15) is 12.8 Å². The molecule has 20 heavy (non-hydrogen) atoms. The maximum Gasteiger partial charge on any atom is 0.349 e. The molecule has 0 aliphatic carbocycles. The maximum atomic E-state index is 10.9. The van der Waals surface area contributed by atoms with Crippen LogP contribution in [0.2, 0.25) is 0 Å². The molecule has 0 unspecified atom stereocenters. The first-order valence-corrected chi connectivity index (χ1v) is 6.25. The van der Waals surface area contributed by atoms with Gasteiger partial charge in [-0.15, -0.1) is 0 Å². The number of hydrogen-bond acceptors (Lipinski definition) is 7. The van der Waals surface area contributed by atoms with E-state index >= 15 is 0 Å². The zero-order chi connectivity index (χ0) is 14.5. The molecule has 0 aliphatic rings. The van der Waals surface area contributed by atoms with Crippen molar-refractivity contribution in [2.24, 2.45) is 5.84 Å². The number of halogens is 1. The molecule has 0 amide bonds. The summed E-state index contributed by atoms with van der Waals surface area (Å²) in [5.74, 6) is 5.06. The van der Waals surface area contributed by atoms with Crippen molar-refractivity contribution in [3.63, 3.8) is 0 Å². The predicted octanol–water partition coefficient (Wildman–Crippen LogP) is 2.01. The van der Waals surface area contributed by atoms with E-state index in [0.717, 1.165) is 16.2 Å². The van der Waals surface area contributed by atoms with Crippen LogP contribution in [-0.4, -0.2) is 14.9 Å². The number of nitro groups is 1. The summed E-state index contributed by atoms with van der Waals surface area (Å²) < 4.78 is 6.23. The highest BCUT2D eigenvalue weighted by molar-refractivity contribution is 9.10. The number of nitrogen functional groups attached to an aromatic ring is 1. The van der Waals surface area contributed by atoms with E-state index in [2.05, 4.69) is 31.3 Å². The Morgan fingerprint density at radius 3 is 2.85 bits per heavy atom. The first kappa shape index (κ1) is 14.2. The van der Waals surface area contributed by atoms with Gasteiger partial charge in [0.05, 0.1) is 4.92 Å². The van der Waals surface area contributed by atoms with Crippen LogP contribution in [0.3, 0.4) is 0 Å². The summed E-state index contributed by atoms with van der Waals surface area (Å²) in [6.45, 7) is 0.128. The zero-order valence-electron chi connectivity index (χ0n) is 10.1. The van der Waals surface area contributed by atoms with Gasteiger partial charge in [-0.1, -0.05) is 34.1 Å². The number of aromatic nitrogens is 2. The zero-order valence-corrected chi connectivity index (χ0v) is 11.7. The highest BCUT2D eigenvalue weighted by Gasteiger charge is 2.19. The minimum absolute atomic E-state index is 0.0396. The normalized spacial score (nSPS) is 10.1. The molecule has 1 aromatic carbocycles. The van der Waals surface area contributed by atoms with Crippen LogP contribution in [0.4, 0.5) is 11.6 Å². The number of nitrogens with zero attached hydrogens (tertiary/aromatic N) is 3. The van der Waals surface area contributed by atoms with Crippen LogP contribution in [0.5, 0.6) is 5.88 Å². The van der Waals surface area contributed by atoms with E-state index in [1.807, 2.05) is 24.3 Å². The van der Waals surface area contributed by atoms with E-state index in [1.54, 1.807) is 0 Å². The van der Waals surface area contributed by atoms with Crippen molar-refractivity contribution in [3.8, 4) is 5.88 Å². The van der Waals surface area contributed by atoms with E-state index < -0.39 is 4.92 Å². The smallest absolute Gasteiger partial charge is 0.349 e. The van der Waals surface area contributed by atoms with Crippen molar-refractivity contribution < 1.29 is 9.66 Å². The highest BCUT2D eigenvalue weighted by Crippen LogP contribution is 2.26. The molecule has 0 aliphatic heterocycles. The lowest BCUT2D eigenvalue weighted by molar-refractivity contribution is -0.386. The lowest BCUT2D eigenvalue weighted by atomic mass is 10.2. The summed E-state index contributed by atoms with van der Waals surface area (Å²) in [6.07, 6.45) is 1.04. The average molecular weight is 340 g/mol. The second kappa shape index (κ2) is 6.26. The van der Waals surface area contributed by atoms with Crippen LogP contribution < -0.4 is 16.0 Å². The molecule has 8 nitrogen and oxygen atoms in total. The number of nitrogens with two attached hydrogens (primary N) is 1. The Kier molecular flexibility index (Phi) is 4.43. The monoisotopic (exact) mass is 339 g/mol. The van der Waals surface area contributed by atoms with E-state index in [9.17, 15) is 10.1 Å². The second-order valence-corrected chi connectivity index (χ2v) is 4.52. The Morgan fingerprint density at radius 1 is 1.45 bits per heavy atom. The molecule has 9 heteroatoms. The van der Waals surface area contributed by atoms with Gasteiger partial charge in [0.2, 0.25) is 5.95 Å². The number of anilines is 1. The Labute approximate surface area is 122 Å². The van der Waals surface area contributed by atoms with Gasteiger partial charge in [-0.3, -0.25) is 15.5 Å². The van der Waals surface area contributed by atoms with Gasteiger partial charge in [-0.05, 0) is 6.07 Å². The molecular formula is C11H10BrN5O3. The number of rotatable bonds is 5. The predicted molar refractivity (Wildman–Crippen MR) is 75.0 cm³/mol. The first-order chi connectivity index (χ1) is 9.61. The third kappa shape index (κ3) is 3.19. The second-order valence-electron chi connectivity index (χ2n) is 3.67. The van der Waals surface area contributed by atoms with E-state index in [1.165, 1.54) is 0 Å². The number of benzene rings is 1. The SMILES string of the molecule is NNc1ncc([N+](=O)[O-])c(OCc2ccccc2Br)n1. The van der Waals surface area contributed by atoms with Crippen LogP contribution in [-0.2, 0) is 6.61 Å². The Hall–Kier alpha value is -2.26. The number of ether oxygens (including phenoxy) is 1. The Bertz CT molecular complexity index is 637. The lowest BCUT2D eigenvalue weighted by Gasteiger charge is -2.08. The molecule has 3 N–H and O–H groups in total. The molecule has 2 aromatic rings. The van der Waals surface area contributed by atoms with Crippen LogP contribution >= 0.6 is 15.9 Å². The summed E-state index contributed by atoms with van der Waals surface area (Å²) >= 11 is 3.37. The fourth-order valence-corrected chi connectivity index (χ4v) is 1.82. The maximum absolute atomic E-state index is 10.9. The van der Waals surface area contributed by atoms with Gasteiger partial charge in [0, 0.05) is 10.0 Å². The van der Waals surface area contributed by atoms with Crippen molar-refractivity contribution >= 4 is 27.6 Å². The molecule has 104 valence electrons. The average Bonchev–Trinajstić information content (AvgIpc) is 2.46. The molecule has 0 radical (unpaired) electrons. The van der Waals surface area contributed by atoms with Crippen LogP contribution in [0.1, 0.15) is 5.56 Å². The summed E-state index contributed by atoms with van der Waals surface area (Å²) in [5, 5.41) is 10.9. The molecular weight excluding hydrogens is 330 g/mol. The standard InChI is InChI=1S/C11H10BrN5O3/c12-8-4-2-1-3-7(8)6-20-10-9(17(18)19)5-14-11(15-10)16-13/h1-5H,6,13H2,(H,14,15,16). The minimum Gasteiger partial charge on any atom is -0.468 e.